The summed E-state index contributed by atoms with van der Waals surface area (Å²) in [4.78, 5) is 35.4. The van der Waals surface area contributed by atoms with Crippen LogP contribution in [-0.2, 0) is 11.3 Å². The second kappa shape index (κ2) is 9.63. The van der Waals surface area contributed by atoms with Crippen molar-refractivity contribution in [3.8, 4) is 5.75 Å². The molecular weight excluding hydrogens is 566 g/mol. The van der Waals surface area contributed by atoms with Gasteiger partial charge in [0.2, 0.25) is 5.95 Å². The standard InChI is InChI=1S/C20H17BrF6N6O3/c21-12-1-2-14(36-20(25,26)27)11(5-12)9-33-15-13(30-18(33)35)7-29-17(31-15)28-6-10-3-4-32(8-10)16(34)19(22,23)24/h1-2,5,7,10H,3-4,6,8-9H2,(H,30,35)(H,28,29,31)/t10-/m0/s1. The van der Waals surface area contributed by atoms with Crippen molar-refractivity contribution in [2.45, 2.75) is 25.5 Å². The van der Waals surface area contributed by atoms with Crippen LogP contribution in [-0.4, -0.2) is 62.5 Å². The molecule has 1 atom stereocenters. The summed E-state index contributed by atoms with van der Waals surface area (Å²) in [6, 6.07) is 3.85. The Hall–Kier alpha value is -3.30. The zero-order valence-electron chi connectivity index (χ0n) is 18.1. The van der Waals surface area contributed by atoms with Crippen LogP contribution in [0.25, 0.3) is 11.2 Å². The molecule has 0 aliphatic carbocycles. The van der Waals surface area contributed by atoms with Crippen LogP contribution in [0.15, 0.2) is 33.7 Å². The van der Waals surface area contributed by atoms with Gasteiger partial charge in [0.05, 0.1) is 12.7 Å². The van der Waals surface area contributed by atoms with E-state index < -0.39 is 29.9 Å². The minimum Gasteiger partial charge on any atom is -0.405 e. The second-order valence-electron chi connectivity index (χ2n) is 8.03. The summed E-state index contributed by atoms with van der Waals surface area (Å²) in [7, 11) is 0. The van der Waals surface area contributed by atoms with Crippen LogP contribution in [0, 0.1) is 5.92 Å². The lowest BCUT2D eigenvalue weighted by molar-refractivity contribution is -0.274. The van der Waals surface area contributed by atoms with Gasteiger partial charge in [-0.25, -0.2) is 9.78 Å². The molecule has 0 radical (unpaired) electrons. The number of anilines is 1. The van der Waals surface area contributed by atoms with Gasteiger partial charge in [-0.1, -0.05) is 15.9 Å². The highest BCUT2D eigenvalue weighted by Crippen LogP contribution is 2.30. The molecule has 4 rings (SSSR count). The van der Waals surface area contributed by atoms with Gasteiger partial charge < -0.3 is 19.9 Å². The number of aromatic nitrogens is 4. The van der Waals surface area contributed by atoms with Crippen LogP contribution < -0.4 is 15.7 Å². The van der Waals surface area contributed by atoms with E-state index in [1.54, 1.807) is 0 Å². The third-order valence-electron chi connectivity index (χ3n) is 5.45. The Labute approximate surface area is 206 Å². The molecule has 2 N–H and O–H groups in total. The first-order valence-corrected chi connectivity index (χ1v) is 11.2. The first kappa shape index (κ1) is 25.8. The fourth-order valence-corrected chi connectivity index (χ4v) is 4.25. The summed E-state index contributed by atoms with van der Waals surface area (Å²) in [6.07, 6.45) is -8.23. The lowest BCUT2D eigenvalue weighted by Gasteiger charge is -2.18. The number of carbonyl (C=O) groups is 1. The van der Waals surface area contributed by atoms with Crippen LogP contribution in [0.3, 0.4) is 0 Å². The van der Waals surface area contributed by atoms with Crippen molar-refractivity contribution >= 4 is 38.9 Å². The number of alkyl halides is 6. The third-order valence-corrected chi connectivity index (χ3v) is 5.95. The number of likely N-dealkylation sites (tertiary alicyclic amines) is 1. The van der Waals surface area contributed by atoms with E-state index in [-0.39, 0.29) is 54.8 Å². The monoisotopic (exact) mass is 582 g/mol. The van der Waals surface area contributed by atoms with Gasteiger partial charge in [-0.3, -0.25) is 9.36 Å². The maximum Gasteiger partial charge on any atom is 0.573 e. The van der Waals surface area contributed by atoms with E-state index >= 15 is 0 Å². The largest absolute Gasteiger partial charge is 0.573 e. The third kappa shape index (κ3) is 5.91. The molecule has 1 aromatic carbocycles. The van der Waals surface area contributed by atoms with Gasteiger partial charge in [0.15, 0.2) is 5.65 Å². The maximum absolute atomic E-state index is 12.8. The number of H-pyrrole nitrogens is 1. The molecule has 0 bridgehead atoms. The molecule has 0 saturated carbocycles. The van der Waals surface area contributed by atoms with E-state index in [0.717, 1.165) is 15.5 Å². The molecule has 3 aromatic rings. The van der Waals surface area contributed by atoms with Gasteiger partial charge >= 0.3 is 24.1 Å². The molecule has 9 nitrogen and oxygen atoms in total. The van der Waals surface area contributed by atoms with Crippen LogP contribution in [0.2, 0.25) is 0 Å². The molecule has 1 amide bonds. The number of nitrogens with zero attached hydrogens (tertiary/aromatic N) is 4. The van der Waals surface area contributed by atoms with Crippen molar-refractivity contribution in [1.82, 2.24) is 24.4 Å². The second-order valence-corrected chi connectivity index (χ2v) is 8.95. The van der Waals surface area contributed by atoms with E-state index in [1.807, 2.05) is 0 Å². The highest BCUT2D eigenvalue weighted by molar-refractivity contribution is 9.10. The molecule has 1 aliphatic rings. The molecule has 2 aromatic heterocycles. The van der Waals surface area contributed by atoms with Gasteiger partial charge in [0.25, 0.3) is 0 Å². The van der Waals surface area contributed by atoms with E-state index in [4.69, 9.17) is 0 Å². The molecular formula is C20H17BrF6N6O3. The Morgan fingerprint density at radius 3 is 2.69 bits per heavy atom. The van der Waals surface area contributed by atoms with Crippen molar-refractivity contribution in [2.24, 2.45) is 5.92 Å². The maximum atomic E-state index is 12.8. The number of aromatic amines is 1. The fourth-order valence-electron chi connectivity index (χ4n) is 3.84. The van der Waals surface area contributed by atoms with Crippen LogP contribution >= 0.6 is 15.9 Å². The summed E-state index contributed by atoms with van der Waals surface area (Å²) in [5.41, 5.74) is -0.276. The minimum atomic E-state index is -4.94. The first-order chi connectivity index (χ1) is 16.8. The lowest BCUT2D eigenvalue weighted by atomic mass is 10.1. The molecule has 16 heteroatoms. The number of carbonyl (C=O) groups excluding carboxylic acids is 1. The van der Waals surface area contributed by atoms with E-state index in [2.05, 4.69) is 40.9 Å². The summed E-state index contributed by atoms with van der Waals surface area (Å²) >= 11 is 3.18. The highest BCUT2D eigenvalue weighted by atomic mass is 79.9. The number of rotatable bonds is 6. The van der Waals surface area contributed by atoms with Crippen molar-refractivity contribution < 1.29 is 35.9 Å². The Kier molecular flexibility index (Phi) is 6.90. The van der Waals surface area contributed by atoms with Crippen molar-refractivity contribution in [1.29, 1.82) is 0 Å². The summed E-state index contributed by atoms with van der Waals surface area (Å²) in [5.74, 6) is -2.61. The number of hydrogen-bond donors (Lipinski definition) is 2. The van der Waals surface area contributed by atoms with Gasteiger partial charge in [0.1, 0.15) is 11.3 Å². The molecule has 1 saturated heterocycles. The Morgan fingerprint density at radius 2 is 2.00 bits per heavy atom. The SMILES string of the molecule is O=C(N1CC[C@@H](CNc2ncc3[nH]c(=O)n(Cc4cc(Br)ccc4OC(F)(F)F)c3n2)C1)C(F)(F)F. The van der Waals surface area contributed by atoms with Crippen molar-refractivity contribution in [2.75, 3.05) is 25.0 Å². The molecule has 0 unspecified atom stereocenters. The topological polar surface area (TPSA) is 105 Å². The van der Waals surface area contributed by atoms with Crippen molar-refractivity contribution in [3.05, 3.63) is 44.9 Å². The number of fused-ring (bicyclic) bond motifs is 1. The van der Waals surface area contributed by atoms with Gasteiger partial charge in [-0.05, 0) is 30.5 Å². The number of halogens is 7. The smallest absolute Gasteiger partial charge is 0.405 e. The Bertz CT molecular complexity index is 1340. The summed E-state index contributed by atoms with van der Waals surface area (Å²) in [6.45, 7) is -0.265. The average molecular weight is 583 g/mol. The zero-order valence-corrected chi connectivity index (χ0v) is 19.7. The van der Waals surface area contributed by atoms with E-state index in [1.165, 1.54) is 18.3 Å². The summed E-state index contributed by atoms with van der Waals surface area (Å²) < 4.78 is 81.9. The molecule has 36 heavy (non-hydrogen) atoms. The predicted molar refractivity (Wildman–Crippen MR) is 117 cm³/mol. The molecule has 1 aliphatic heterocycles. The Morgan fingerprint density at radius 1 is 1.25 bits per heavy atom. The van der Waals surface area contributed by atoms with Crippen molar-refractivity contribution in [3.63, 3.8) is 0 Å². The van der Waals surface area contributed by atoms with Gasteiger partial charge in [-0.15, -0.1) is 13.2 Å². The molecule has 3 heterocycles. The van der Waals surface area contributed by atoms with E-state index in [0.29, 0.717) is 10.9 Å². The predicted octanol–water partition coefficient (Wildman–Crippen LogP) is 3.65. The number of imidazole rings is 1. The van der Waals surface area contributed by atoms with Crippen LogP contribution in [0.4, 0.5) is 32.3 Å². The fraction of sp³-hybridized carbons (Fsp3) is 0.400. The molecule has 0 spiro atoms. The number of ether oxygens (including phenoxy) is 1. The number of amides is 1. The zero-order chi connectivity index (χ0) is 26.3. The lowest BCUT2D eigenvalue weighted by Crippen LogP contribution is -2.39. The normalized spacial score (nSPS) is 16.5. The minimum absolute atomic E-state index is 0.0309. The molecule has 1 fully saturated rings. The van der Waals surface area contributed by atoms with Crippen LogP contribution in [0.1, 0.15) is 12.0 Å². The summed E-state index contributed by atoms with van der Waals surface area (Å²) in [5, 5.41) is 2.88. The van der Waals surface area contributed by atoms with Gasteiger partial charge in [-0.2, -0.15) is 18.2 Å². The van der Waals surface area contributed by atoms with Gasteiger partial charge in [0, 0.05) is 29.7 Å². The molecule has 194 valence electrons. The first-order valence-electron chi connectivity index (χ1n) is 10.4. The Balaban J connectivity index is 1.52. The number of hydrogen-bond acceptors (Lipinski definition) is 6. The highest BCUT2D eigenvalue weighted by Gasteiger charge is 2.44. The van der Waals surface area contributed by atoms with E-state index in [9.17, 15) is 35.9 Å². The average Bonchev–Trinajstić information content (AvgIpc) is 3.36. The quantitative estimate of drug-likeness (QED) is 0.430. The number of nitrogens with one attached hydrogen (secondary N) is 2. The van der Waals surface area contributed by atoms with Crippen LogP contribution in [0.5, 0.6) is 5.75 Å². The number of benzene rings is 1.